The Morgan fingerprint density at radius 2 is 1.79 bits per heavy atom. The van der Waals surface area contributed by atoms with Gasteiger partial charge in [0.15, 0.2) is 17.6 Å². The van der Waals surface area contributed by atoms with Crippen LogP contribution < -0.4 is 16.2 Å². The number of hydrogen-bond acceptors (Lipinski definition) is 11. The molecule has 5 rings (SSSR count). The van der Waals surface area contributed by atoms with Gasteiger partial charge in [-0.15, -0.1) is 0 Å². The standard InChI is InChI=1S/C25H29N3O10/c1-28-7-6-24-19-11-2-3-14(29)20(19)37-21(24)15(36-17(30)9-12(26)22(32)33)4-5-25(24,16(28)8-11)38-18(31)10-13(27)23(34)35/h2-4,12-13,16,21,29H,5-10,26-27H2,1H3,(H,32,33)(H,34,35)/t12-,13-,16+,21?,24?,25+/m0/s1. The lowest BCUT2D eigenvalue weighted by molar-refractivity contribution is -0.206. The maximum absolute atomic E-state index is 13.1. The van der Waals surface area contributed by atoms with Crippen molar-refractivity contribution >= 4 is 23.9 Å². The average Bonchev–Trinajstić information content (AvgIpc) is 3.20. The zero-order valence-corrected chi connectivity index (χ0v) is 20.6. The maximum Gasteiger partial charge on any atom is 0.321 e. The molecule has 0 amide bonds. The Hall–Kier alpha value is -3.68. The summed E-state index contributed by atoms with van der Waals surface area (Å²) in [5, 5.41) is 29.0. The minimum absolute atomic E-state index is 0.0953. The third kappa shape index (κ3) is 3.64. The van der Waals surface area contributed by atoms with Crippen molar-refractivity contribution < 1.29 is 48.7 Å². The van der Waals surface area contributed by atoms with Crippen LogP contribution in [0.3, 0.4) is 0 Å². The second kappa shape index (κ2) is 8.96. The molecule has 13 nitrogen and oxygen atoms in total. The first-order valence-corrected chi connectivity index (χ1v) is 12.2. The summed E-state index contributed by atoms with van der Waals surface area (Å²) in [5.41, 5.74) is 10.3. The van der Waals surface area contributed by atoms with Crippen LogP contribution in [-0.4, -0.2) is 87.5 Å². The van der Waals surface area contributed by atoms with E-state index >= 15 is 0 Å². The summed E-state index contributed by atoms with van der Waals surface area (Å²) >= 11 is 0. The number of benzene rings is 1. The Balaban J connectivity index is 1.60. The van der Waals surface area contributed by atoms with E-state index in [1.54, 1.807) is 12.1 Å². The van der Waals surface area contributed by atoms with Crippen LogP contribution in [0.1, 0.15) is 36.8 Å². The lowest BCUT2D eigenvalue weighted by atomic mass is 9.50. The number of phenols is 1. The predicted octanol–water partition coefficient (Wildman–Crippen LogP) is -0.632. The summed E-state index contributed by atoms with van der Waals surface area (Å²) in [5.74, 6) is -4.18. The normalized spacial score (nSPS) is 30.2. The van der Waals surface area contributed by atoms with E-state index in [9.17, 15) is 29.4 Å². The molecule has 2 aliphatic heterocycles. The summed E-state index contributed by atoms with van der Waals surface area (Å²) in [4.78, 5) is 50.2. The van der Waals surface area contributed by atoms with Crippen LogP contribution in [0.5, 0.6) is 11.5 Å². The number of aliphatic carboxylic acids is 2. The number of carbonyl (C=O) groups excluding carboxylic acids is 2. The second-order valence-electron chi connectivity index (χ2n) is 10.3. The van der Waals surface area contributed by atoms with Crippen molar-refractivity contribution in [1.29, 1.82) is 0 Å². The summed E-state index contributed by atoms with van der Waals surface area (Å²) in [7, 11) is 1.90. The number of likely N-dealkylation sites (N-methyl/N-ethyl adjacent to an activating group) is 1. The van der Waals surface area contributed by atoms with Gasteiger partial charge in [0.1, 0.15) is 23.4 Å². The van der Waals surface area contributed by atoms with E-state index in [1.165, 1.54) is 6.07 Å². The van der Waals surface area contributed by atoms with Gasteiger partial charge in [-0.3, -0.25) is 24.1 Å². The van der Waals surface area contributed by atoms with Gasteiger partial charge in [-0.1, -0.05) is 6.07 Å². The summed E-state index contributed by atoms with van der Waals surface area (Å²) in [6.45, 7) is 0.568. The molecule has 6 atom stereocenters. The number of aromatic hydroxyl groups is 1. The third-order valence-electron chi connectivity index (χ3n) is 8.25. The number of carbonyl (C=O) groups is 4. The van der Waals surface area contributed by atoms with Crippen molar-refractivity contribution in [3.05, 3.63) is 35.1 Å². The van der Waals surface area contributed by atoms with Crippen molar-refractivity contribution in [3.63, 3.8) is 0 Å². The molecule has 2 bridgehead atoms. The molecule has 1 aromatic rings. The SMILES string of the molecule is CN1CCC23c4c5ccc(O)c4OC2C(OC(=O)C[C@H](N)C(=O)O)=CC[C@@]3(OC(=O)C[C@H](N)C(=O)O)[C@H]1C5. The van der Waals surface area contributed by atoms with Crippen LogP contribution in [-0.2, 0) is 40.5 Å². The lowest BCUT2D eigenvalue weighted by Crippen LogP contribution is -2.75. The largest absolute Gasteiger partial charge is 0.504 e. The minimum Gasteiger partial charge on any atom is -0.504 e. The van der Waals surface area contributed by atoms with E-state index in [4.69, 9.17) is 30.8 Å². The Morgan fingerprint density at radius 1 is 1.13 bits per heavy atom. The van der Waals surface area contributed by atoms with Crippen LogP contribution >= 0.6 is 0 Å². The second-order valence-corrected chi connectivity index (χ2v) is 10.3. The number of ether oxygens (including phenoxy) is 3. The van der Waals surface area contributed by atoms with Crippen LogP contribution in [0, 0.1) is 0 Å². The van der Waals surface area contributed by atoms with Gasteiger partial charge in [0.2, 0.25) is 0 Å². The van der Waals surface area contributed by atoms with E-state index < -0.39 is 65.9 Å². The molecule has 1 saturated heterocycles. The van der Waals surface area contributed by atoms with Gasteiger partial charge < -0.3 is 41.0 Å². The Morgan fingerprint density at radius 3 is 2.45 bits per heavy atom. The molecule has 0 radical (unpaired) electrons. The molecule has 2 aliphatic carbocycles. The summed E-state index contributed by atoms with van der Waals surface area (Å²) in [6, 6.07) is 0.0568. The topological polar surface area (TPSA) is 212 Å². The fourth-order valence-electron chi connectivity index (χ4n) is 6.56. The molecular formula is C25H29N3O10. The van der Waals surface area contributed by atoms with Gasteiger partial charge in [-0.25, -0.2) is 0 Å². The molecular weight excluding hydrogens is 502 g/mol. The maximum atomic E-state index is 13.1. The number of piperidine rings is 1. The van der Waals surface area contributed by atoms with Gasteiger partial charge in [-0.05, 0) is 44.1 Å². The van der Waals surface area contributed by atoms with Gasteiger partial charge in [-0.2, -0.15) is 0 Å². The van der Waals surface area contributed by atoms with Crippen molar-refractivity contribution in [2.24, 2.45) is 11.5 Å². The highest BCUT2D eigenvalue weighted by atomic mass is 16.6. The van der Waals surface area contributed by atoms with Crippen molar-refractivity contribution in [2.75, 3.05) is 13.6 Å². The number of carboxylic acids is 2. The van der Waals surface area contributed by atoms with Gasteiger partial charge in [0.05, 0.1) is 24.3 Å². The molecule has 0 saturated carbocycles. The molecule has 204 valence electrons. The fourth-order valence-corrected chi connectivity index (χ4v) is 6.56. The number of carboxylic acid groups (broad SMARTS) is 2. The number of rotatable bonds is 8. The molecule has 1 aromatic carbocycles. The number of phenolic OH excluding ortho intramolecular Hbond substituents is 1. The van der Waals surface area contributed by atoms with Crippen LogP contribution in [0.2, 0.25) is 0 Å². The number of nitrogens with two attached hydrogens (primary N) is 2. The number of esters is 2. The number of nitrogens with zero attached hydrogens (tertiary/aromatic N) is 1. The molecule has 2 unspecified atom stereocenters. The molecule has 0 aromatic heterocycles. The Labute approximate surface area is 216 Å². The molecule has 2 heterocycles. The van der Waals surface area contributed by atoms with E-state index in [0.29, 0.717) is 24.9 Å². The minimum atomic E-state index is -1.46. The first kappa shape index (κ1) is 25.9. The molecule has 38 heavy (non-hydrogen) atoms. The van der Waals surface area contributed by atoms with Crippen LogP contribution in [0.25, 0.3) is 0 Å². The van der Waals surface area contributed by atoms with Crippen molar-refractivity contribution in [2.45, 2.75) is 67.3 Å². The van der Waals surface area contributed by atoms with Crippen molar-refractivity contribution in [3.8, 4) is 11.5 Å². The first-order valence-electron chi connectivity index (χ1n) is 12.2. The average molecular weight is 532 g/mol. The van der Waals surface area contributed by atoms with Gasteiger partial charge in [0, 0.05) is 12.0 Å². The highest BCUT2D eigenvalue weighted by Gasteiger charge is 2.74. The van der Waals surface area contributed by atoms with Gasteiger partial charge in [0.25, 0.3) is 0 Å². The van der Waals surface area contributed by atoms with Gasteiger partial charge >= 0.3 is 23.9 Å². The molecule has 13 heteroatoms. The fraction of sp³-hybridized carbons (Fsp3) is 0.520. The van der Waals surface area contributed by atoms with E-state index in [0.717, 1.165) is 5.56 Å². The predicted molar refractivity (Wildman–Crippen MR) is 127 cm³/mol. The van der Waals surface area contributed by atoms with Crippen LogP contribution in [0.4, 0.5) is 0 Å². The van der Waals surface area contributed by atoms with Crippen molar-refractivity contribution in [1.82, 2.24) is 4.90 Å². The molecule has 1 spiro atoms. The highest BCUT2D eigenvalue weighted by Crippen LogP contribution is 2.66. The zero-order valence-electron chi connectivity index (χ0n) is 20.6. The molecule has 7 N–H and O–H groups in total. The highest BCUT2D eigenvalue weighted by molar-refractivity contribution is 5.83. The Kier molecular flexibility index (Phi) is 6.12. The molecule has 4 aliphatic rings. The monoisotopic (exact) mass is 531 g/mol. The quantitative estimate of drug-likeness (QED) is 0.265. The van der Waals surface area contributed by atoms with E-state index in [-0.39, 0.29) is 29.7 Å². The summed E-state index contributed by atoms with van der Waals surface area (Å²) in [6.07, 6.45) is 0.416. The summed E-state index contributed by atoms with van der Waals surface area (Å²) < 4.78 is 18.1. The number of likely N-dealkylation sites (tertiary alicyclic amines) is 1. The van der Waals surface area contributed by atoms with Crippen LogP contribution in [0.15, 0.2) is 24.0 Å². The molecule has 1 fully saturated rings. The zero-order chi connectivity index (χ0) is 27.6. The van der Waals surface area contributed by atoms with E-state index in [2.05, 4.69) is 4.90 Å². The lowest BCUT2D eigenvalue weighted by Gasteiger charge is -2.62. The Bertz CT molecular complexity index is 1260. The first-order chi connectivity index (χ1) is 17.9. The van der Waals surface area contributed by atoms with E-state index in [1.807, 2.05) is 7.05 Å². The third-order valence-corrected chi connectivity index (χ3v) is 8.25. The smallest absolute Gasteiger partial charge is 0.321 e. The number of hydrogen-bond donors (Lipinski definition) is 5.